The lowest BCUT2D eigenvalue weighted by Gasteiger charge is -2.08. The van der Waals surface area contributed by atoms with Crippen molar-refractivity contribution >= 4 is 5.84 Å². The summed E-state index contributed by atoms with van der Waals surface area (Å²) in [6.45, 7) is 1.51. The van der Waals surface area contributed by atoms with Crippen LogP contribution in [0.5, 0.6) is 5.75 Å². The van der Waals surface area contributed by atoms with Crippen LogP contribution in [0.25, 0.3) is 0 Å². The number of nitrogen functional groups attached to an aromatic ring is 1. The van der Waals surface area contributed by atoms with Gasteiger partial charge in [-0.3, -0.25) is 5.41 Å². The van der Waals surface area contributed by atoms with Gasteiger partial charge in [0, 0.05) is 5.56 Å². The van der Waals surface area contributed by atoms with Crippen molar-refractivity contribution in [1.29, 1.82) is 5.41 Å². The van der Waals surface area contributed by atoms with Crippen LogP contribution >= 0.6 is 0 Å². The Morgan fingerprint density at radius 3 is 2.55 bits per heavy atom. The molecular formula is C16H18N2O2. The molecule has 0 radical (unpaired) electrons. The van der Waals surface area contributed by atoms with E-state index in [1.165, 1.54) is 0 Å². The van der Waals surface area contributed by atoms with Crippen LogP contribution in [0.2, 0.25) is 0 Å². The van der Waals surface area contributed by atoms with E-state index in [2.05, 4.69) is 0 Å². The highest BCUT2D eigenvalue weighted by molar-refractivity contribution is 5.95. The van der Waals surface area contributed by atoms with Crippen LogP contribution in [0.4, 0.5) is 0 Å². The molecule has 0 saturated heterocycles. The van der Waals surface area contributed by atoms with Crippen LogP contribution in [0, 0.1) is 5.41 Å². The van der Waals surface area contributed by atoms with Crippen LogP contribution in [0.1, 0.15) is 11.1 Å². The Hall–Kier alpha value is -2.33. The van der Waals surface area contributed by atoms with E-state index < -0.39 is 0 Å². The van der Waals surface area contributed by atoms with Crippen molar-refractivity contribution in [3.63, 3.8) is 0 Å². The van der Waals surface area contributed by atoms with Crippen LogP contribution < -0.4 is 10.5 Å². The Kier molecular flexibility index (Phi) is 5.15. The van der Waals surface area contributed by atoms with Gasteiger partial charge in [-0.25, -0.2) is 0 Å². The fourth-order valence-electron chi connectivity index (χ4n) is 1.75. The fraction of sp³-hybridized carbons (Fsp3) is 0.188. The quantitative estimate of drug-likeness (QED) is 0.461. The Morgan fingerprint density at radius 1 is 1.00 bits per heavy atom. The Morgan fingerprint density at radius 2 is 1.80 bits per heavy atom. The second-order valence-corrected chi connectivity index (χ2v) is 4.33. The van der Waals surface area contributed by atoms with Crippen molar-refractivity contribution in [3.8, 4) is 5.75 Å². The monoisotopic (exact) mass is 270 g/mol. The Balaban J connectivity index is 1.71. The second kappa shape index (κ2) is 7.31. The zero-order valence-electron chi connectivity index (χ0n) is 11.2. The van der Waals surface area contributed by atoms with Gasteiger partial charge >= 0.3 is 0 Å². The summed E-state index contributed by atoms with van der Waals surface area (Å²) < 4.78 is 11.1. The molecule has 0 fully saturated rings. The highest BCUT2D eigenvalue weighted by atomic mass is 16.5. The third-order valence-electron chi connectivity index (χ3n) is 2.75. The molecule has 0 spiro atoms. The molecule has 0 heterocycles. The van der Waals surface area contributed by atoms with E-state index in [0.29, 0.717) is 25.4 Å². The molecule has 3 N–H and O–H groups in total. The fourth-order valence-corrected chi connectivity index (χ4v) is 1.75. The minimum atomic E-state index is 0.0688. The third kappa shape index (κ3) is 4.40. The molecule has 104 valence electrons. The summed E-state index contributed by atoms with van der Waals surface area (Å²) in [7, 11) is 0. The number of benzene rings is 2. The van der Waals surface area contributed by atoms with E-state index in [0.717, 1.165) is 11.3 Å². The lowest BCUT2D eigenvalue weighted by atomic mass is 10.1. The lowest BCUT2D eigenvalue weighted by molar-refractivity contribution is 0.0889. The van der Waals surface area contributed by atoms with Crippen molar-refractivity contribution in [3.05, 3.63) is 65.7 Å². The average Bonchev–Trinajstić information content (AvgIpc) is 2.48. The number of rotatable bonds is 7. The number of nitrogens with one attached hydrogen (secondary N) is 1. The van der Waals surface area contributed by atoms with E-state index in [-0.39, 0.29) is 5.84 Å². The summed E-state index contributed by atoms with van der Waals surface area (Å²) in [5.41, 5.74) is 7.16. The molecular weight excluding hydrogens is 252 g/mol. The summed E-state index contributed by atoms with van der Waals surface area (Å²) in [5.74, 6) is 0.911. The normalized spacial score (nSPS) is 10.2. The largest absolute Gasteiger partial charge is 0.491 e. The van der Waals surface area contributed by atoms with Gasteiger partial charge in [-0.1, -0.05) is 36.4 Å². The predicted octanol–water partition coefficient (Wildman–Crippen LogP) is 2.57. The molecule has 0 aromatic heterocycles. The summed E-state index contributed by atoms with van der Waals surface area (Å²) in [5, 5.41) is 7.39. The number of hydrogen-bond acceptors (Lipinski definition) is 3. The number of nitrogens with two attached hydrogens (primary N) is 1. The first-order valence-electron chi connectivity index (χ1n) is 6.44. The van der Waals surface area contributed by atoms with Gasteiger partial charge in [-0.05, 0) is 23.8 Å². The highest BCUT2D eigenvalue weighted by Crippen LogP contribution is 2.08. The van der Waals surface area contributed by atoms with Gasteiger partial charge in [0.05, 0.1) is 13.2 Å². The van der Waals surface area contributed by atoms with Gasteiger partial charge < -0.3 is 15.2 Å². The molecule has 0 aliphatic rings. The van der Waals surface area contributed by atoms with E-state index in [1.54, 1.807) is 0 Å². The molecule has 4 nitrogen and oxygen atoms in total. The molecule has 0 amide bonds. The molecule has 20 heavy (non-hydrogen) atoms. The van der Waals surface area contributed by atoms with Crippen LogP contribution in [-0.4, -0.2) is 19.0 Å². The van der Waals surface area contributed by atoms with Gasteiger partial charge in [-0.15, -0.1) is 0 Å². The van der Waals surface area contributed by atoms with Crippen LogP contribution in [-0.2, 0) is 11.3 Å². The van der Waals surface area contributed by atoms with Crippen molar-refractivity contribution in [1.82, 2.24) is 0 Å². The first-order chi connectivity index (χ1) is 9.75. The predicted molar refractivity (Wildman–Crippen MR) is 79.1 cm³/mol. The van der Waals surface area contributed by atoms with E-state index in [9.17, 15) is 0 Å². The minimum absolute atomic E-state index is 0.0688. The van der Waals surface area contributed by atoms with E-state index in [1.807, 2.05) is 54.6 Å². The van der Waals surface area contributed by atoms with Crippen molar-refractivity contribution in [2.24, 2.45) is 5.73 Å². The topological polar surface area (TPSA) is 68.3 Å². The van der Waals surface area contributed by atoms with Gasteiger partial charge in [0.15, 0.2) is 0 Å². The number of hydrogen-bond donors (Lipinski definition) is 2. The van der Waals surface area contributed by atoms with E-state index >= 15 is 0 Å². The van der Waals surface area contributed by atoms with Crippen LogP contribution in [0.3, 0.4) is 0 Å². The standard InChI is InChI=1S/C16H18N2O2/c17-16(18)14-6-4-5-13(11-14)12-19-9-10-20-15-7-2-1-3-8-15/h1-8,11H,9-10,12H2,(H3,17,18). The summed E-state index contributed by atoms with van der Waals surface area (Å²) >= 11 is 0. The van der Waals surface area contributed by atoms with E-state index in [4.69, 9.17) is 20.6 Å². The summed E-state index contributed by atoms with van der Waals surface area (Å²) in [6, 6.07) is 17.1. The molecule has 4 heteroatoms. The number of amidine groups is 1. The van der Waals surface area contributed by atoms with Crippen molar-refractivity contribution in [2.45, 2.75) is 6.61 Å². The first-order valence-corrected chi connectivity index (χ1v) is 6.44. The Bertz CT molecular complexity index is 555. The molecule has 0 saturated carbocycles. The molecule has 0 atom stereocenters. The maximum absolute atomic E-state index is 7.39. The van der Waals surface area contributed by atoms with Crippen molar-refractivity contribution in [2.75, 3.05) is 13.2 Å². The zero-order valence-corrected chi connectivity index (χ0v) is 11.2. The SMILES string of the molecule is N=C(N)c1cccc(COCCOc2ccccc2)c1. The minimum Gasteiger partial charge on any atom is -0.491 e. The maximum Gasteiger partial charge on any atom is 0.122 e. The molecule has 0 bridgehead atoms. The summed E-state index contributed by atoms with van der Waals surface area (Å²) in [6.07, 6.45) is 0. The highest BCUT2D eigenvalue weighted by Gasteiger charge is 1.99. The van der Waals surface area contributed by atoms with Crippen molar-refractivity contribution < 1.29 is 9.47 Å². The summed E-state index contributed by atoms with van der Waals surface area (Å²) in [4.78, 5) is 0. The first kappa shape index (κ1) is 14.1. The maximum atomic E-state index is 7.39. The molecule has 0 aliphatic carbocycles. The third-order valence-corrected chi connectivity index (χ3v) is 2.75. The van der Waals surface area contributed by atoms with Gasteiger partial charge in [-0.2, -0.15) is 0 Å². The second-order valence-electron chi connectivity index (χ2n) is 4.33. The zero-order chi connectivity index (χ0) is 14.2. The molecule has 0 aliphatic heterocycles. The number of ether oxygens (including phenoxy) is 2. The van der Waals surface area contributed by atoms with Gasteiger partial charge in [0.25, 0.3) is 0 Å². The average molecular weight is 270 g/mol. The molecule has 2 rings (SSSR count). The molecule has 2 aromatic rings. The Labute approximate surface area is 118 Å². The molecule has 2 aromatic carbocycles. The number of para-hydroxylation sites is 1. The van der Waals surface area contributed by atoms with Gasteiger partial charge in [0.1, 0.15) is 18.2 Å². The lowest BCUT2D eigenvalue weighted by Crippen LogP contribution is -2.11. The smallest absolute Gasteiger partial charge is 0.122 e. The van der Waals surface area contributed by atoms with Crippen LogP contribution in [0.15, 0.2) is 54.6 Å². The van der Waals surface area contributed by atoms with Gasteiger partial charge in [0.2, 0.25) is 0 Å². The molecule has 0 unspecified atom stereocenters.